The van der Waals surface area contributed by atoms with Gasteiger partial charge in [0.2, 0.25) is 0 Å². The van der Waals surface area contributed by atoms with E-state index >= 15 is 0 Å². The maximum atomic E-state index is 13.0. The zero-order chi connectivity index (χ0) is 16.6. The van der Waals surface area contributed by atoms with E-state index in [0.717, 1.165) is 22.1 Å². The molecule has 1 heterocycles. The lowest BCUT2D eigenvalue weighted by atomic mass is 10.1. The molecular weight excluding hydrogens is 358 g/mol. The summed E-state index contributed by atoms with van der Waals surface area (Å²) in [5.74, 6) is 1.26. The molecule has 1 amide bonds. The van der Waals surface area contributed by atoms with Gasteiger partial charge in [-0.05, 0) is 43.2 Å². The number of carbonyl (C=O) groups is 1. The number of amides is 1. The monoisotopic (exact) mass is 375 g/mol. The van der Waals surface area contributed by atoms with Gasteiger partial charge in [0.05, 0.1) is 14.2 Å². The maximum absolute atomic E-state index is 13.0. The third kappa shape index (κ3) is 2.81. The number of anilines is 1. The Hall–Kier alpha value is -2.01. The van der Waals surface area contributed by atoms with Gasteiger partial charge in [-0.15, -0.1) is 0 Å². The number of hydrogen-bond donors (Lipinski definition) is 0. The first kappa shape index (κ1) is 15.9. The molecule has 4 nitrogen and oxygen atoms in total. The van der Waals surface area contributed by atoms with Crippen molar-refractivity contribution < 1.29 is 14.3 Å². The number of hydrogen-bond acceptors (Lipinski definition) is 3. The lowest BCUT2D eigenvalue weighted by molar-refractivity contribution is 0.0988. The minimum atomic E-state index is -0.0431. The van der Waals surface area contributed by atoms with Gasteiger partial charge in [-0.2, -0.15) is 0 Å². The third-order valence-electron chi connectivity index (χ3n) is 4.19. The van der Waals surface area contributed by atoms with E-state index in [0.29, 0.717) is 23.6 Å². The Bertz CT molecular complexity index is 748. The molecule has 0 aliphatic carbocycles. The van der Waals surface area contributed by atoms with Gasteiger partial charge < -0.3 is 14.4 Å². The van der Waals surface area contributed by atoms with Crippen molar-refractivity contribution in [1.82, 2.24) is 0 Å². The number of carbonyl (C=O) groups excluding carboxylic acids is 1. The number of halogens is 1. The van der Waals surface area contributed by atoms with Crippen molar-refractivity contribution >= 4 is 27.5 Å². The molecule has 0 saturated heterocycles. The first-order valence-corrected chi connectivity index (χ1v) is 8.17. The second-order valence-corrected chi connectivity index (χ2v) is 6.40. The van der Waals surface area contributed by atoms with Crippen LogP contribution >= 0.6 is 15.9 Å². The first-order chi connectivity index (χ1) is 11.0. The second kappa shape index (κ2) is 6.24. The predicted molar refractivity (Wildman–Crippen MR) is 93.8 cm³/mol. The largest absolute Gasteiger partial charge is 0.496 e. The Morgan fingerprint density at radius 1 is 1.13 bits per heavy atom. The molecule has 0 unspecified atom stereocenters. The van der Waals surface area contributed by atoms with Gasteiger partial charge in [-0.3, -0.25) is 4.79 Å². The van der Waals surface area contributed by atoms with Gasteiger partial charge in [0.15, 0.2) is 0 Å². The van der Waals surface area contributed by atoms with Gasteiger partial charge in [-0.1, -0.05) is 22.0 Å². The molecule has 1 aliphatic rings. The predicted octanol–water partition coefficient (Wildman–Crippen LogP) is 3.98. The van der Waals surface area contributed by atoms with Crippen LogP contribution in [0.1, 0.15) is 21.5 Å². The normalized spacial score (nSPS) is 13.0. The quantitative estimate of drug-likeness (QED) is 0.814. The average Bonchev–Trinajstić information content (AvgIpc) is 2.97. The van der Waals surface area contributed by atoms with Crippen LogP contribution in [0.2, 0.25) is 0 Å². The molecule has 120 valence electrons. The molecule has 0 N–H and O–H groups in total. The standard InChI is InChI=1S/C18H18BrNO3/c1-11-16(22-2)8-13(9-17(11)23-3)18(21)20-7-6-12-4-5-14(19)10-15(12)20/h4-5,8-10H,6-7H2,1-3H3. The fourth-order valence-corrected chi connectivity index (χ4v) is 3.28. The van der Waals surface area contributed by atoms with Crippen molar-refractivity contribution in [2.75, 3.05) is 25.7 Å². The van der Waals surface area contributed by atoms with E-state index in [1.54, 1.807) is 26.4 Å². The molecule has 0 spiro atoms. The highest BCUT2D eigenvalue weighted by Crippen LogP contribution is 2.34. The minimum absolute atomic E-state index is 0.0431. The van der Waals surface area contributed by atoms with E-state index in [-0.39, 0.29) is 5.91 Å². The number of benzene rings is 2. The highest BCUT2D eigenvalue weighted by molar-refractivity contribution is 9.10. The van der Waals surface area contributed by atoms with Crippen molar-refractivity contribution in [2.24, 2.45) is 0 Å². The second-order valence-electron chi connectivity index (χ2n) is 5.49. The van der Waals surface area contributed by atoms with Crippen LogP contribution in [-0.2, 0) is 6.42 Å². The maximum Gasteiger partial charge on any atom is 0.258 e. The number of nitrogens with zero attached hydrogens (tertiary/aromatic N) is 1. The van der Waals surface area contributed by atoms with E-state index in [9.17, 15) is 4.79 Å². The average molecular weight is 376 g/mol. The Morgan fingerprint density at radius 2 is 1.78 bits per heavy atom. The molecule has 0 saturated carbocycles. The summed E-state index contributed by atoms with van der Waals surface area (Å²) in [6, 6.07) is 9.60. The topological polar surface area (TPSA) is 38.8 Å². The van der Waals surface area contributed by atoms with Gasteiger partial charge in [-0.25, -0.2) is 0 Å². The molecule has 0 bridgehead atoms. The zero-order valence-electron chi connectivity index (χ0n) is 13.4. The Balaban J connectivity index is 2.01. The lowest BCUT2D eigenvalue weighted by Gasteiger charge is -2.19. The van der Waals surface area contributed by atoms with E-state index in [1.807, 2.05) is 24.0 Å². The summed E-state index contributed by atoms with van der Waals surface area (Å²) in [6.45, 7) is 2.59. The lowest BCUT2D eigenvalue weighted by Crippen LogP contribution is -2.29. The highest BCUT2D eigenvalue weighted by Gasteiger charge is 2.27. The summed E-state index contributed by atoms with van der Waals surface area (Å²) in [5, 5.41) is 0. The van der Waals surface area contributed by atoms with Crippen LogP contribution in [0.5, 0.6) is 11.5 Å². The molecule has 1 aliphatic heterocycles. The number of rotatable bonds is 3. The molecule has 0 aromatic heterocycles. The van der Waals surface area contributed by atoms with Crippen LogP contribution in [0.4, 0.5) is 5.69 Å². The number of ether oxygens (including phenoxy) is 2. The SMILES string of the molecule is COc1cc(C(=O)N2CCc3ccc(Br)cc32)cc(OC)c1C. The zero-order valence-corrected chi connectivity index (χ0v) is 14.9. The van der Waals surface area contributed by atoms with Crippen LogP contribution in [-0.4, -0.2) is 26.7 Å². The van der Waals surface area contributed by atoms with Crippen LogP contribution in [0, 0.1) is 6.92 Å². The van der Waals surface area contributed by atoms with Crippen LogP contribution in [0.25, 0.3) is 0 Å². The molecule has 3 rings (SSSR count). The fourth-order valence-electron chi connectivity index (χ4n) is 2.93. The van der Waals surface area contributed by atoms with E-state index in [4.69, 9.17) is 9.47 Å². The summed E-state index contributed by atoms with van der Waals surface area (Å²) < 4.78 is 11.7. The third-order valence-corrected chi connectivity index (χ3v) is 4.68. The van der Waals surface area contributed by atoms with E-state index in [2.05, 4.69) is 22.0 Å². The summed E-state index contributed by atoms with van der Waals surface area (Å²) in [4.78, 5) is 14.8. The van der Waals surface area contributed by atoms with Gasteiger partial charge in [0, 0.05) is 27.8 Å². The molecule has 5 heteroatoms. The molecule has 2 aromatic carbocycles. The van der Waals surface area contributed by atoms with Crippen molar-refractivity contribution in [2.45, 2.75) is 13.3 Å². The summed E-state index contributed by atoms with van der Waals surface area (Å²) in [7, 11) is 3.19. The smallest absolute Gasteiger partial charge is 0.258 e. The first-order valence-electron chi connectivity index (χ1n) is 7.38. The summed E-state index contributed by atoms with van der Waals surface area (Å²) in [6.07, 6.45) is 0.870. The van der Waals surface area contributed by atoms with Crippen LogP contribution in [0.3, 0.4) is 0 Å². The van der Waals surface area contributed by atoms with Crippen LogP contribution < -0.4 is 14.4 Å². The van der Waals surface area contributed by atoms with Gasteiger partial charge >= 0.3 is 0 Å². The van der Waals surface area contributed by atoms with Gasteiger partial charge in [0.25, 0.3) is 5.91 Å². The van der Waals surface area contributed by atoms with Crippen molar-refractivity contribution in [1.29, 1.82) is 0 Å². The molecule has 23 heavy (non-hydrogen) atoms. The van der Waals surface area contributed by atoms with E-state index < -0.39 is 0 Å². The molecule has 0 radical (unpaired) electrons. The molecule has 0 atom stereocenters. The molecular formula is C18H18BrNO3. The van der Waals surface area contributed by atoms with Gasteiger partial charge in [0.1, 0.15) is 11.5 Å². The van der Waals surface area contributed by atoms with Crippen molar-refractivity contribution in [3.63, 3.8) is 0 Å². The number of fused-ring (bicyclic) bond motifs is 1. The Labute approximate surface area is 144 Å². The highest BCUT2D eigenvalue weighted by atomic mass is 79.9. The summed E-state index contributed by atoms with van der Waals surface area (Å²) in [5.41, 5.74) is 3.60. The Morgan fingerprint density at radius 3 is 2.39 bits per heavy atom. The van der Waals surface area contributed by atoms with Crippen molar-refractivity contribution in [3.05, 3.63) is 51.5 Å². The van der Waals surface area contributed by atoms with E-state index in [1.165, 1.54) is 5.56 Å². The minimum Gasteiger partial charge on any atom is -0.496 e. The molecule has 0 fully saturated rings. The van der Waals surface area contributed by atoms with Crippen LogP contribution in [0.15, 0.2) is 34.8 Å². The fraction of sp³-hybridized carbons (Fsp3) is 0.278. The van der Waals surface area contributed by atoms with Crippen molar-refractivity contribution in [3.8, 4) is 11.5 Å². The Kier molecular flexibility index (Phi) is 4.31. The number of methoxy groups -OCH3 is 2. The molecule has 2 aromatic rings. The summed E-state index contributed by atoms with van der Waals surface area (Å²) >= 11 is 3.47.